The lowest BCUT2D eigenvalue weighted by Crippen LogP contribution is -2.30. The normalized spacial score (nSPS) is 16.3. The summed E-state index contributed by atoms with van der Waals surface area (Å²) in [6.45, 7) is 5.66. The molecule has 2 aromatic heterocycles. The second-order valence-corrected chi connectivity index (χ2v) is 11.4. The Morgan fingerprint density at radius 3 is 2.74 bits per heavy atom. The highest BCUT2D eigenvalue weighted by molar-refractivity contribution is 6.30. The van der Waals surface area contributed by atoms with E-state index in [9.17, 15) is 18.8 Å². The number of nitrogens with zero attached hydrogens (tertiary/aromatic N) is 4. The van der Waals surface area contributed by atoms with Gasteiger partial charge in [0.1, 0.15) is 5.69 Å². The lowest BCUT2D eigenvalue weighted by Gasteiger charge is -2.23. The monoisotopic (exact) mass is 648 g/mol. The lowest BCUT2D eigenvalue weighted by molar-refractivity contribution is -0.139. The first-order valence-electron chi connectivity index (χ1n) is 14.9. The predicted molar refractivity (Wildman–Crippen MR) is 169 cm³/mol. The van der Waals surface area contributed by atoms with Crippen molar-refractivity contribution in [2.45, 2.75) is 52.5 Å². The van der Waals surface area contributed by atoms with E-state index in [1.165, 1.54) is 23.9 Å². The van der Waals surface area contributed by atoms with Crippen LogP contribution in [0.2, 0.25) is 5.02 Å². The van der Waals surface area contributed by atoms with Gasteiger partial charge in [0.2, 0.25) is 11.8 Å². The number of amides is 2. The molecule has 3 heterocycles. The number of fused-ring (bicyclic) bond motifs is 4. The molecule has 0 radical (unpaired) electrons. The number of pyridine rings is 1. The zero-order valence-corrected chi connectivity index (χ0v) is 26.7. The number of nitrogens with one attached hydrogen (secondary N) is 2. The standard InChI is InChI=1S/C33H34ClFN6O5/c1-5-46-28-17-21-16-26(36-28)24(37-33(44)31-19(3)41(40-39-31)27-11-7-9-23(34)30(27)35)10-6-8-18(2)32(43)38-25-14-20(12-13-22(21)25)15-29(42)45-4/h7,9,11-14,16-18,24H,5-6,8,10,15H2,1-4H3,(H,37,44)(H,38,43)/t18-,24+/m1/s1. The summed E-state index contributed by atoms with van der Waals surface area (Å²) in [7, 11) is 1.32. The molecule has 5 rings (SSSR count). The van der Waals surface area contributed by atoms with E-state index in [0.717, 1.165) is 0 Å². The van der Waals surface area contributed by atoms with Crippen molar-refractivity contribution < 1.29 is 28.2 Å². The average Bonchev–Trinajstić information content (AvgIpc) is 3.42. The summed E-state index contributed by atoms with van der Waals surface area (Å²) in [6, 6.07) is 12.9. The Hall–Kier alpha value is -4.84. The van der Waals surface area contributed by atoms with Crippen molar-refractivity contribution in [1.82, 2.24) is 25.3 Å². The van der Waals surface area contributed by atoms with Crippen molar-refractivity contribution in [2.24, 2.45) is 5.92 Å². The Kier molecular flexibility index (Phi) is 9.96. The van der Waals surface area contributed by atoms with Gasteiger partial charge in [-0.1, -0.05) is 48.4 Å². The summed E-state index contributed by atoms with van der Waals surface area (Å²) in [5.74, 6) is -1.76. The second kappa shape index (κ2) is 14.1. The number of ether oxygens (including phenoxy) is 2. The highest BCUT2D eigenvalue weighted by Crippen LogP contribution is 2.35. The van der Waals surface area contributed by atoms with Gasteiger partial charge >= 0.3 is 5.97 Å². The molecule has 2 atom stereocenters. The van der Waals surface area contributed by atoms with E-state index in [1.54, 1.807) is 31.2 Å². The molecule has 1 aliphatic heterocycles. The maximum absolute atomic E-state index is 14.8. The molecule has 0 saturated carbocycles. The summed E-state index contributed by atoms with van der Waals surface area (Å²) in [5.41, 5.74) is 3.54. The van der Waals surface area contributed by atoms with Crippen LogP contribution in [0, 0.1) is 18.7 Å². The van der Waals surface area contributed by atoms with E-state index in [4.69, 9.17) is 26.1 Å². The summed E-state index contributed by atoms with van der Waals surface area (Å²) in [6.07, 6.45) is 1.64. The van der Waals surface area contributed by atoms with Gasteiger partial charge in [0, 0.05) is 23.2 Å². The fourth-order valence-electron chi connectivity index (χ4n) is 5.34. The number of hydrogen-bond donors (Lipinski definition) is 2. The van der Waals surface area contributed by atoms with Crippen molar-refractivity contribution >= 4 is 35.1 Å². The van der Waals surface area contributed by atoms with E-state index < -0.39 is 23.7 Å². The first-order chi connectivity index (χ1) is 22.1. The van der Waals surface area contributed by atoms with Crippen molar-refractivity contribution in [1.29, 1.82) is 0 Å². The van der Waals surface area contributed by atoms with Gasteiger partial charge in [0.05, 0.1) is 42.6 Å². The van der Waals surface area contributed by atoms with Gasteiger partial charge in [-0.2, -0.15) is 0 Å². The first-order valence-corrected chi connectivity index (χ1v) is 15.3. The number of carbonyl (C=O) groups excluding carboxylic acids is 3. The van der Waals surface area contributed by atoms with Crippen LogP contribution < -0.4 is 15.4 Å². The lowest BCUT2D eigenvalue weighted by atomic mass is 9.94. The molecule has 11 nitrogen and oxygen atoms in total. The van der Waals surface area contributed by atoms with Crippen LogP contribution in [0.5, 0.6) is 5.88 Å². The van der Waals surface area contributed by atoms with Gasteiger partial charge in [-0.25, -0.2) is 14.1 Å². The van der Waals surface area contributed by atoms with Gasteiger partial charge in [-0.3, -0.25) is 14.4 Å². The number of hydrogen-bond acceptors (Lipinski definition) is 8. The number of halogens is 2. The summed E-state index contributed by atoms with van der Waals surface area (Å²) < 4.78 is 26.6. The summed E-state index contributed by atoms with van der Waals surface area (Å²) >= 11 is 5.96. The molecule has 0 fully saturated rings. The molecule has 2 N–H and O–H groups in total. The Bertz CT molecular complexity index is 1790. The van der Waals surface area contributed by atoms with Gasteiger partial charge in [-0.05, 0) is 62.1 Å². The van der Waals surface area contributed by atoms with E-state index in [1.807, 2.05) is 26.0 Å². The number of anilines is 1. The smallest absolute Gasteiger partial charge is 0.309 e. The summed E-state index contributed by atoms with van der Waals surface area (Å²) in [5, 5.41) is 14.1. The Labute approximate surface area is 270 Å². The van der Waals surface area contributed by atoms with Crippen LogP contribution in [0.1, 0.15) is 66.6 Å². The summed E-state index contributed by atoms with van der Waals surface area (Å²) in [4.78, 5) is 43.6. The van der Waals surface area contributed by atoms with Crippen LogP contribution in [-0.2, 0) is 20.7 Å². The van der Waals surface area contributed by atoms with Crippen molar-refractivity contribution in [3.8, 4) is 22.7 Å². The first kappa shape index (κ1) is 32.6. The quantitative estimate of drug-likeness (QED) is 0.241. The largest absolute Gasteiger partial charge is 0.478 e. The number of aromatic nitrogens is 4. The fourth-order valence-corrected chi connectivity index (χ4v) is 5.51. The zero-order chi connectivity index (χ0) is 33.0. The molecule has 13 heteroatoms. The number of methoxy groups -OCH3 is 1. The molecule has 2 aromatic carbocycles. The Balaban J connectivity index is 1.55. The molecular weight excluding hydrogens is 615 g/mol. The number of benzene rings is 2. The molecule has 2 bridgehead atoms. The van der Waals surface area contributed by atoms with Crippen LogP contribution >= 0.6 is 11.6 Å². The van der Waals surface area contributed by atoms with E-state index in [2.05, 4.69) is 20.9 Å². The molecule has 46 heavy (non-hydrogen) atoms. The molecule has 1 aliphatic rings. The molecule has 4 aromatic rings. The maximum atomic E-state index is 14.8. The SMILES string of the molecule is CCOc1cc2cc(n1)[C@@H](NC(=O)c1nnn(-c3cccc(Cl)c3F)c1C)CCC[C@@H](C)C(=O)Nc1cc(CC(=O)OC)ccc1-2. The van der Waals surface area contributed by atoms with E-state index >= 15 is 0 Å². The molecule has 0 spiro atoms. The van der Waals surface area contributed by atoms with E-state index in [-0.39, 0.29) is 34.6 Å². The highest BCUT2D eigenvalue weighted by Gasteiger charge is 2.26. The Morgan fingerprint density at radius 2 is 1.98 bits per heavy atom. The van der Waals surface area contributed by atoms with Gasteiger partial charge in [-0.15, -0.1) is 5.10 Å². The van der Waals surface area contributed by atoms with Crippen LogP contribution in [0.25, 0.3) is 16.8 Å². The fraction of sp³-hybridized carbons (Fsp3) is 0.333. The maximum Gasteiger partial charge on any atom is 0.309 e. The van der Waals surface area contributed by atoms with Gasteiger partial charge in [0.25, 0.3) is 5.91 Å². The number of carbonyl (C=O) groups is 3. The third-order valence-corrected chi connectivity index (χ3v) is 8.14. The van der Waals surface area contributed by atoms with Crippen LogP contribution in [-0.4, -0.2) is 51.5 Å². The molecule has 0 aliphatic carbocycles. The number of esters is 1. The minimum Gasteiger partial charge on any atom is -0.478 e. The molecule has 240 valence electrons. The van der Waals surface area contributed by atoms with Crippen LogP contribution in [0.3, 0.4) is 0 Å². The van der Waals surface area contributed by atoms with Gasteiger partial charge in [0.15, 0.2) is 11.5 Å². The molecule has 2 amide bonds. The van der Waals surface area contributed by atoms with Crippen molar-refractivity contribution in [3.63, 3.8) is 0 Å². The zero-order valence-electron chi connectivity index (χ0n) is 25.9. The topological polar surface area (TPSA) is 137 Å². The number of rotatable bonds is 7. The molecule has 0 saturated heterocycles. The minimum absolute atomic E-state index is 0.0166. The van der Waals surface area contributed by atoms with Crippen molar-refractivity contribution in [3.05, 3.63) is 82.0 Å². The minimum atomic E-state index is -0.677. The van der Waals surface area contributed by atoms with Gasteiger partial charge < -0.3 is 20.1 Å². The van der Waals surface area contributed by atoms with Crippen LogP contribution in [0.4, 0.5) is 10.1 Å². The average molecular weight is 649 g/mol. The third-order valence-electron chi connectivity index (χ3n) is 7.85. The Morgan fingerprint density at radius 1 is 1.17 bits per heavy atom. The highest BCUT2D eigenvalue weighted by atomic mass is 35.5. The predicted octanol–water partition coefficient (Wildman–Crippen LogP) is 5.77. The van der Waals surface area contributed by atoms with Crippen molar-refractivity contribution in [2.75, 3.05) is 19.0 Å². The molecular formula is C33H34ClFN6O5. The van der Waals surface area contributed by atoms with E-state index in [0.29, 0.717) is 65.5 Å². The second-order valence-electron chi connectivity index (χ2n) is 11.0. The van der Waals surface area contributed by atoms with Crippen LogP contribution in [0.15, 0.2) is 48.5 Å². The molecule has 0 unspecified atom stereocenters. The third kappa shape index (κ3) is 7.02.